The maximum Gasteiger partial charge on any atom is 0.255 e. The predicted octanol–water partition coefficient (Wildman–Crippen LogP) is 3.83. The molecule has 2 N–H and O–H groups in total. The fourth-order valence-corrected chi connectivity index (χ4v) is 3.35. The summed E-state index contributed by atoms with van der Waals surface area (Å²) in [5.74, 6) is -0.580. The van der Waals surface area contributed by atoms with Gasteiger partial charge in [-0.1, -0.05) is 23.9 Å². The summed E-state index contributed by atoms with van der Waals surface area (Å²) in [5.41, 5.74) is 1.68. The molecule has 0 aliphatic heterocycles. The van der Waals surface area contributed by atoms with Gasteiger partial charge in [0.2, 0.25) is 5.91 Å². The van der Waals surface area contributed by atoms with E-state index in [1.165, 1.54) is 48.2 Å². The number of aryl methyl sites for hydroxylation is 1. The van der Waals surface area contributed by atoms with E-state index < -0.39 is 11.7 Å². The topological polar surface area (TPSA) is 74.8 Å². The lowest BCUT2D eigenvalue weighted by molar-refractivity contribution is -0.115. The number of carbonyl (C=O) groups excluding carboxylic acids is 1. The number of hydrogen-bond acceptors (Lipinski definition) is 4. The van der Waals surface area contributed by atoms with Crippen LogP contribution in [0.3, 0.4) is 0 Å². The maximum atomic E-state index is 12.9. The molecule has 1 amide bonds. The molecule has 0 aliphatic rings. The van der Waals surface area contributed by atoms with Gasteiger partial charge in [0.05, 0.1) is 6.42 Å². The van der Waals surface area contributed by atoms with Crippen molar-refractivity contribution >= 4 is 23.4 Å². The Labute approximate surface area is 164 Å². The van der Waals surface area contributed by atoms with Crippen LogP contribution in [0.25, 0.3) is 0 Å². The fourth-order valence-electron chi connectivity index (χ4n) is 2.49. The normalized spacial score (nSPS) is 10.7. The third kappa shape index (κ3) is 5.26. The first-order valence-corrected chi connectivity index (χ1v) is 9.42. The van der Waals surface area contributed by atoms with E-state index in [-0.39, 0.29) is 23.4 Å². The van der Waals surface area contributed by atoms with Crippen molar-refractivity contribution in [1.29, 1.82) is 0 Å². The molecule has 0 atom stereocenters. The van der Waals surface area contributed by atoms with Gasteiger partial charge in [0.25, 0.3) is 5.56 Å². The van der Waals surface area contributed by atoms with Crippen LogP contribution in [0.4, 0.5) is 14.5 Å². The zero-order valence-corrected chi connectivity index (χ0v) is 15.8. The van der Waals surface area contributed by atoms with E-state index >= 15 is 0 Å². The van der Waals surface area contributed by atoms with Gasteiger partial charge in [-0.15, -0.1) is 0 Å². The third-order valence-corrected chi connectivity index (χ3v) is 4.90. The molecule has 0 unspecified atom stereocenters. The minimum Gasteiger partial charge on any atom is -0.326 e. The van der Waals surface area contributed by atoms with Crippen molar-refractivity contribution in [3.8, 4) is 0 Å². The van der Waals surface area contributed by atoms with Crippen molar-refractivity contribution in [3.63, 3.8) is 0 Å². The molecule has 0 radical (unpaired) electrons. The number of hydrogen-bond donors (Lipinski definition) is 2. The first kappa shape index (κ1) is 19.8. The Balaban J connectivity index is 1.65. The number of anilines is 1. The van der Waals surface area contributed by atoms with E-state index in [4.69, 9.17) is 0 Å². The summed E-state index contributed by atoms with van der Waals surface area (Å²) in [7, 11) is 0. The van der Waals surface area contributed by atoms with E-state index in [2.05, 4.69) is 15.3 Å². The maximum absolute atomic E-state index is 12.9. The summed E-state index contributed by atoms with van der Waals surface area (Å²) >= 11 is 1.31. The lowest BCUT2D eigenvalue weighted by atomic mass is 10.1. The molecule has 8 heteroatoms. The van der Waals surface area contributed by atoms with Crippen molar-refractivity contribution in [1.82, 2.24) is 9.97 Å². The Kier molecular flexibility index (Phi) is 6.20. The van der Waals surface area contributed by atoms with Crippen molar-refractivity contribution in [2.75, 3.05) is 5.32 Å². The molecule has 28 heavy (non-hydrogen) atoms. The van der Waals surface area contributed by atoms with Crippen LogP contribution >= 0.6 is 11.8 Å². The molecule has 2 aromatic carbocycles. The molecular formula is C20H17F2N3O2S. The van der Waals surface area contributed by atoms with Crippen LogP contribution < -0.4 is 10.9 Å². The number of H-pyrrole nitrogens is 1. The number of carbonyl (C=O) groups is 1. The van der Waals surface area contributed by atoms with Gasteiger partial charge in [0, 0.05) is 22.7 Å². The van der Waals surface area contributed by atoms with Gasteiger partial charge in [0.1, 0.15) is 11.6 Å². The van der Waals surface area contributed by atoms with E-state index in [1.807, 2.05) is 0 Å². The van der Waals surface area contributed by atoms with Crippen molar-refractivity contribution in [2.45, 2.75) is 24.3 Å². The Morgan fingerprint density at radius 3 is 2.29 bits per heavy atom. The monoisotopic (exact) mass is 401 g/mol. The van der Waals surface area contributed by atoms with E-state index in [0.29, 0.717) is 22.3 Å². The van der Waals surface area contributed by atoms with Crippen LogP contribution in [0.15, 0.2) is 58.5 Å². The standard InChI is InChI=1S/C20H17F2N3O2S/c1-12-17(10-18(26)24-16-8-6-15(22)7-9-16)19(27)25-20(23-12)28-11-13-2-4-14(21)5-3-13/h2-9H,10-11H2,1H3,(H,24,26)(H,23,25,27). The highest BCUT2D eigenvalue weighted by Gasteiger charge is 2.13. The lowest BCUT2D eigenvalue weighted by Crippen LogP contribution is -2.23. The van der Waals surface area contributed by atoms with Crippen molar-refractivity contribution in [2.24, 2.45) is 0 Å². The zero-order chi connectivity index (χ0) is 20.1. The average Bonchev–Trinajstić information content (AvgIpc) is 2.66. The number of thioether (sulfide) groups is 1. The highest BCUT2D eigenvalue weighted by molar-refractivity contribution is 7.98. The minimum atomic E-state index is -0.400. The van der Waals surface area contributed by atoms with Gasteiger partial charge < -0.3 is 10.3 Å². The summed E-state index contributed by atoms with van der Waals surface area (Å²) < 4.78 is 25.9. The quantitative estimate of drug-likeness (QED) is 0.486. The van der Waals surface area contributed by atoms with Gasteiger partial charge in [-0.25, -0.2) is 13.8 Å². The molecule has 3 aromatic rings. The zero-order valence-electron chi connectivity index (χ0n) is 15.0. The van der Waals surface area contributed by atoms with Crippen LogP contribution in [0.5, 0.6) is 0 Å². The molecule has 3 rings (SSSR count). The SMILES string of the molecule is Cc1nc(SCc2ccc(F)cc2)[nH]c(=O)c1CC(=O)Nc1ccc(F)cc1. The number of benzene rings is 2. The number of aromatic amines is 1. The second-order valence-corrected chi connectivity index (χ2v) is 7.05. The number of nitrogens with zero attached hydrogens (tertiary/aromatic N) is 1. The molecule has 1 aromatic heterocycles. The van der Waals surface area contributed by atoms with Gasteiger partial charge in [-0.05, 0) is 48.9 Å². The summed E-state index contributed by atoms with van der Waals surface area (Å²) in [5, 5.41) is 3.04. The highest BCUT2D eigenvalue weighted by atomic mass is 32.2. The Morgan fingerprint density at radius 2 is 1.68 bits per heavy atom. The molecule has 0 aliphatic carbocycles. The van der Waals surface area contributed by atoms with E-state index in [1.54, 1.807) is 19.1 Å². The number of amides is 1. The summed E-state index contributed by atoms with van der Waals surface area (Å²) in [6, 6.07) is 11.4. The Morgan fingerprint density at radius 1 is 1.07 bits per heavy atom. The molecule has 0 bridgehead atoms. The molecule has 5 nitrogen and oxygen atoms in total. The lowest BCUT2D eigenvalue weighted by Gasteiger charge is -2.08. The molecule has 0 saturated heterocycles. The number of rotatable bonds is 6. The van der Waals surface area contributed by atoms with Gasteiger partial charge in [-0.2, -0.15) is 0 Å². The van der Waals surface area contributed by atoms with Gasteiger partial charge in [0.15, 0.2) is 5.16 Å². The first-order chi connectivity index (χ1) is 13.4. The Bertz CT molecular complexity index is 1030. The largest absolute Gasteiger partial charge is 0.326 e. The minimum absolute atomic E-state index is 0.144. The fraction of sp³-hybridized carbons (Fsp3) is 0.150. The highest BCUT2D eigenvalue weighted by Crippen LogP contribution is 2.19. The summed E-state index contributed by atoms with van der Waals surface area (Å²) in [4.78, 5) is 31.5. The number of aromatic nitrogens is 2. The summed E-state index contributed by atoms with van der Waals surface area (Å²) in [6.07, 6.45) is -0.144. The molecule has 0 spiro atoms. The second-order valence-electron chi connectivity index (χ2n) is 6.08. The van der Waals surface area contributed by atoms with Crippen molar-refractivity contribution in [3.05, 3.63) is 87.3 Å². The average molecular weight is 401 g/mol. The molecule has 1 heterocycles. The van der Waals surface area contributed by atoms with Gasteiger partial charge >= 0.3 is 0 Å². The van der Waals surface area contributed by atoms with Crippen LogP contribution in [0, 0.1) is 18.6 Å². The van der Waals surface area contributed by atoms with Gasteiger partial charge in [-0.3, -0.25) is 9.59 Å². The second kappa shape index (κ2) is 8.79. The molecular weight excluding hydrogens is 384 g/mol. The van der Waals surface area contributed by atoms with E-state index in [9.17, 15) is 18.4 Å². The van der Waals surface area contributed by atoms with Crippen molar-refractivity contribution < 1.29 is 13.6 Å². The van der Waals surface area contributed by atoms with E-state index in [0.717, 1.165) is 5.56 Å². The van der Waals surface area contributed by atoms with Crippen LogP contribution in [-0.2, 0) is 17.0 Å². The third-order valence-electron chi connectivity index (χ3n) is 3.95. The van der Waals surface area contributed by atoms with Crippen LogP contribution in [0.1, 0.15) is 16.8 Å². The predicted molar refractivity (Wildman–Crippen MR) is 104 cm³/mol. The molecule has 0 fully saturated rings. The van der Waals surface area contributed by atoms with Crippen LogP contribution in [0.2, 0.25) is 0 Å². The van der Waals surface area contributed by atoms with Crippen LogP contribution in [-0.4, -0.2) is 15.9 Å². The number of nitrogens with one attached hydrogen (secondary N) is 2. The Hall–Kier alpha value is -3.00. The first-order valence-electron chi connectivity index (χ1n) is 8.43. The molecule has 144 valence electrons. The smallest absolute Gasteiger partial charge is 0.255 e. The molecule has 0 saturated carbocycles. The number of halogens is 2. The summed E-state index contributed by atoms with van der Waals surface area (Å²) in [6.45, 7) is 1.66.